The van der Waals surface area contributed by atoms with Gasteiger partial charge < -0.3 is 0 Å². The van der Waals surface area contributed by atoms with Crippen molar-refractivity contribution >= 4 is 5.97 Å². The summed E-state index contributed by atoms with van der Waals surface area (Å²) in [7, 11) is 0. The van der Waals surface area contributed by atoms with Crippen LogP contribution in [0.1, 0.15) is 6.42 Å². The Bertz CT molecular complexity index is 521. The first-order valence-corrected chi connectivity index (χ1v) is 6.02. The van der Waals surface area contributed by atoms with Crippen LogP contribution in [0.5, 0.6) is 0 Å². The van der Waals surface area contributed by atoms with Crippen LogP contribution < -0.4 is 0 Å². The minimum Gasteiger partial charge on any atom is -0.246 e. The fraction of sp³-hybridized carbons (Fsp3) is 0.727. The molecule has 10 heteroatoms. The number of rotatable bonds is 1. The molecule has 0 unspecified atom stereocenters. The highest BCUT2D eigenvalue weighted by atomic mass is 19.4. The van der Waals surface area contributed by atoms with Crippen LogP contribution >= 0.6 is 0 Å². The van der Waals surface area contributed by atoms with Crippen molar-refractivity contribution < 1.29 is 35.1 Å². The maximum atomic E-state index is 14.4. The highest BCUT2D eigenvalue weighted by Crippen LogP contribution is 2.65. The first kappa shape index (κ1) is 14.6. The van der Waals surface area contributed by atoms with Crippen LogP contribution in [-0.2, 0) is 0 Å². The number of allylic oxidation sites excluding steroid dienone is 1. The van der Waals surface area contributed by atoms with Gasteiger partial charge in [0.15, 0.2) is 0 Å². The smallest absolute Gasteiger partial charge is 0.246 e. The number of hydrazone groups is 1. The van der Waals surface area contributed by atoms with Crippen LogP contribution in [0.4, 0.5) is 35.1 Å². The Labute approximate surface area is 113 Å². The van der Waals surface area contributed by atoms with Gasteiger partial charge in [-0.25, -0.2) is 9.40 Å². The minimum atomic E-state index is -5.55. The first-order chi connectivity index (χ1) is 9.48. The van der Waals surface area contributed by atoms with Crippen molar-refractivity contribution in [3.05, 3.63) is 12.2 Å². The largest absolute Gasteiger partial charge is 0.463 e. The molecule has 2 fully saturated rings. The molecule has 0 radical (unpaired) electrons. The number of nitrogens with zero attached hydrogens (tertiary/aromatic N) is 2. The van der Waals surface area contributed by atoms with Gasteiger partial charge in [0, 0.05) is 5.92 Å². The van der Waals surface area contributed by atoms with E-state index < -0.39 is 52.9 Å². The lowest BCUT2D eigenvalue weighted by molar-refractivity contribution is -0.369. The number of alkyl halides is 7. The molecule has 0 aromatic carbocycles. The van der Waals surface area contributed by atoms with E-state index in [0.717, 1.165) is 0 Å². The summed E-state index contributed by atoms with van der Waals surface area (Å²) in [5, 5.41) is 1.87. The second-order valence-corrected chi connectivity index (χ2v) is 5.37. The van der Waals surface area contributed by atoms with Gasteiger partial charge in [-0.1, -0.05) is 12.2 Å². The Morgan fingerprint density at radius 1 is 1.10 bits per heavy atom. The lowest BCUT2D eigenvalue weighted by Crippen LogP contribution is -2.76. The average molecular weight is 320 g/mol. The molecule has 2 aliphatic carbocycles. The topological polar surface area (TPSA) is 15.6 Å². The highest BCUT2D eigenvalue weighted by Gasteiger charge is 2.80. The molecule has 2 bridgehead atoms. The molecular formula is C11H8F8N2. The van der Waals surface area contributed by atoms with Gasteiger partial charge in [0.2, 0.25) is 0 Å². The summed E-state index contributed by atoms with van der Waals surface area (Å²) in [4.78, 5) is 0. The Hall–Kier alpha value is -1.35. The Morgan fingerprint density at radius 3 is 2.19 bits per heavy atom. The summed E-state index contributed by atoms with van der Waals surface area (Å²) < 4.78 is 102. The van der Waals surface area contributed by atoms with Gasteiger partial charge in [0.05, 0.1) is 12.0 Å². The molecule has 1 aliphatic heterocycles. The van der Waals surface area contributed by atoms with E-state index >= 15 is 0 Å². The lowest BCUT2D eigenvalue weighted by atomic mass is 9.72. The van der Waals surface area contributed by atoms with Crippen molar-refractivity contribution in [1.82, 2.24) is 5.01 Å². The predicted octanol–water partition coefficient (Wildman–Crippen LogP) is 3.57. The molecule has 0 amide bonds. The van der Waals surface area contributed by atoms with E-state index in [0.29, 0.717) is 0 Å². The monoisotopic (exact) mass is 320 g/mol. The number of fused-ring (bicyclic) bond motifs is 5. The maximum absolute atomic E-state index is 14.4. The van der Waals surface area contributed by atoms with Crippen LogP contribution in [0.15, 0.2) is 17.3 Å². The summed E-state index contributed by atoms with van der Waals surface area (Å²) in [6.07, 6.45) is -7.87. The molecule has 3 rings (SSSR count). The normalized spacial score (nSPS) is 42.3. The van der Waals surface area contributed by atoms with Crippen LogP contribution in [0.25, 0.3) is 0 Å². The van der Waals surface area contributed by atoms with E-state index in [4.69, 9.17) is 0 Å². The van der Waals surface area contributed by atoms with Crippen molar-refractivity contribution in [3.63, 3.8) is 0 Å². The fourth-order valence-corrected chi connectivity index (χ4v) is 3.54. The third kappa shape index (κ3) is 1.73. The fourth-order valence-electron chi connectivity index (χ4n) is 3.54. The molecule has 3 aliphatic rings. The third-order valence-corrected chi connectivity index (χ3v) is 4.30. The molecule has 1 heterocycles. The molecule has 0 spiro atoms. The van der Waals surface area contributed by atoms with Crippen LogP contribution in [0.2, 0.25) is 0 Å². The van der Waals surface area contributed by atoms with Gasteiger partial charge in [-0.05, 0) is 12.3 Å². The van der Waals surface area contributed by atoms with Gasteiger partial charge >= 0.3 is 18.3 Å². The summed E-state index contributed by atoms with van der Waals surface area (Å²) in [6, 6.07) is -1.19. The van der Waals surface area contributed by atoms with Crippen LogP contribution in [0, 0.1) is 17.8 Å². The second-order valence-electron chi connectivity index (χ2n) is 5.37. The zero-order valence-electron chi connectivity index (χ0n) is 10.1. The van der Waals surface area contributed by atoms with E-state index in [1.165, 1.54) is 12.2 Å². The summed E-state index contributed by atoms with van der Waals surface area (Å²) in [5.41, 5.74) is 0. The molecule has 1 saturated carbocycles. The van der Waals surface area contributed by atoms with Gasteiger partial charge in [0.1, 0.15) is 0 Å². The zero-order valence-corrected chi connectivity index (χ0v) is 10.1. The zero-order chi connectivity index (χ0) is 15.8. The van der Waals surface area contributed by atoms with E-state index in [2.05, 4.69) is 5.10 Å². The average Bonchev–Trinajstić information content (AvgIpc) is 2.90. The number of hydrogen-bond acceptors (Lipinski definition) is 2. The van der Waals surface area contributed by atoms with E-state index in [1.807, 2.05) is 0 Å². The molecule has 5 atom stereocenters. The summed E-state index contributed by atoms with van der Waals surface area (Å²) in [5.74, 6) is -9.86. The Morgan fingerprint density at radius 2 is 1.67 bits per heavy atom. The van der Waals surface area contributed by atoms with E-state index in [1.54, 1.807) is 0 Å². The van der Waals surface area contributed by atoms with Crippen molar-refractivity contribution in [3.8, 4) is 0 Å². The molecule has 0 N–H and O–H groups in total. The number of halogens is 8. The summed E-state index contributed by atoms with van der Waals surface area (Å²) in [6.45, 7) is 0. The Kier molecular flexibility index (Phi) is 2.70. The number of hydrogen-bond donors (Lipinski definition) is 0. The molecule has 0 aromatic heterocycles. The molecule has 0 aromatic rings. The molecule has 118 valence electrons. The van der Waals surface area contributed by atoms with Crippen LogP contribution in [-0.4, -0.2) is 35.2 Å². The van der Waals surface area contributed by atoms with E-state index in [9.17, 15) is 35.1 Å². The molecule has 21 heavy (non-hydrogen) atoms. The second kappa shape index (κ2) is 3.89. The van der Waals surface area contributed by atoms with Gasteiger partial charge in [-0.2, -0.15) is 30.7 Å². The van der Waals surface area contributed by atoms with Gasteiger partial charge in [0.25, 0.3) is 5.79 Å². The molecule has 2 nitrogen and oxygen atoms in total. The van der Waals surface area contributed by atoms with Crippen molar-refractivity contribution in [2.24, 2.45) is 22.9 Å². The lowest BCUT2D eigenvalue weighted by Gasteiger charge is -2.57. The first-order valence-electron chi connectivity index (χ1n) is 6.02. The Balaban J connectivity index is 2.00. The molecule has 1 saturated heterocycles. The maximum Gasteiger partial charge on any atom is 0.463 e. The van der Waals surface area contributed by atoms with E-state index in [-0.39, 0.29) is 6.42 Å². The molecular weight excluding hydrogens is 312 g/mol. The predicted molar refractivity (Wildman–Crippen MR) is 54.3 cm³/mol. The van der Waals surface area contributed by atoms with Crippen LogP contribution in [0.3, 0.4) is 0 Å². The SMILES string of the molecule is F/C(=N\N1[C@@H]2[C@@H]([C@H]3C=C[C@@H]2C3)[C@@]1(F)C(F)(F)F)C(F)(F)F. The van der Waals surface area contributed by atoms with Crippen molar-refractivity contribution in [2.45, 2.75) is 30.6 Å². The third-order valence-electron chi connectivity index (χ3n) is 4.30. The quantitative estimate of drug-likeness (QED) is 0.312. The van der Waals surface area contributed by atoms with Gasteiger partial charge in [-0.15, -0.1) is 5.10 Å². The van der Waals surface area contributed by atoms with Crippen molar-refractivity contribution in [1.29, 1.82) is 0 Å². The highest BCUT2D eigenvalue weighted by molar-refractivity contribution is 5.80. The summed E-state index contributed by atoms with van der Waals surface area (Å²) >= 11 is 0. The standard InChI is InChI=1S/C11H8F8N2/c12-8(10(14,15)16)20-21-7-5-2-1-4(3-5)6(7)9(21,13)11(17,18)19/h1-2,4-7H,3H2/b20-8-/t4-,5+,6+,7-,9-/m0/s1. The minimum absolute atomic E-state index is 0.205. The van der Waals surface area contributed by atoms with Crippen molar-refractivity contribution in [2.75, 3.05) is 0 Å². The van der Waals surface area contributed by atoms with Gasteiger partial charge in [-0.3, -0.25) is 0 Å².